The zero-order chi connectivity index (χ0) is 15.2. The van der Waals surface area contributed by atoms with Gasteiger partial charge >= 0.3 is 0 Å². The number of methoxy groups -OCH3 is 2. The number of hydrogen-bond donors (Lipinski definition) is 1. The van der Waals surface area contributed by atoms with Crippen molar-refractivity contribution in [3.63, 3.8) is 0 Å². The number of rotatable bonds is 6. The van der Waals surface area contributed by atoms with E-state index in [0.717, 1.165) is 30.2 Å². The lowest BCUT2D eigenvalue weighted by Crippen LogP contribution is -2.12. The maximum atomic E-state index is 5.52. The molecule has 0 amide bonds. The highest BCUT2D eigenvalue weighted by molar-refractivity contribution is 5.75. The third kappa shape index (κ3) is 3.56. The first kappa shape index (κ1) is 15.4. The van der Waals surface area contributed by atoms with Crippen LogP contribution < -0.4 is 14.8 Å². The topological polar surface area (TPSA) is 30.5 Å². The molecule has 0 aliphatic rings. The van der Waals surface area contributed by atoms with Crippen molar-refractivity contribution in [3.05, 3.63) is 47.5 Å². The quantitative estimate of drug-likeness (QED) is 0.876. The highest BCUT2D eigenvalue weighted by atomic mass is 16.5. The Kier molecular flexibility index (Phi) is 5.23. The van der Waals surface area contributed by atoms with E-state index in [1.165, 1.54) is 16.7 Å². The van der Waals surface area contributed by atoms with Gasteiger partial charge in [0.25, 0.3) is 0 Å². The van der Waals surface area contributed by atoms with Crippen LogP contribution in [-0.4, -0.2) is 20.8 Å². The molecule has 21 heavy (non-hydrogen) atoms. The van der Waals surface area contributed by atoms with Gasteiger partial charge in [-0.3, -0.25) is 0 Å². The summed E-state index contributed by atoms with van der Waals surface area (Å²) in [7, 11) is 3.38. The van der Waals surface area contributed by atoms with Crippen molar-refractivity contribution in [2.24, 2.45) is 0 Å². The van der Waals surface area contributed by atoms with Crippen molar-refractivity contribution in [3.8, 4) is 22.6 Å². The largest absolute Gasteiger partial charge is 0.497 e. The van der Waals surface area contributed by atoms with Gasteiger partial charge in [0, 0.05) is 12.1 Å². The second-order valence-corrected chi connectivity index (χ2v) is 5.01. The summed E-state index contributed by atoms with van der Waals surface area (Å²) in [5.74, 6) is 1.70. The van der Waals surface area contributed by atoms with Crippen LogP contribution in [0, 0.1) is 6.92 Å². The van der Waals surface area contributed by atoms with Crippen LogP contribution >= 0.6 is 0 Å². The Balaban J connectivity index is 2.55. The SMILES string of the molecule is CCNCc1ccc(C)cc1-c1cc(OC)ccc1OC. The molecule has 2 aromatic carbocycles. The highest BCUT2D eigenvalue weighted by Crippen LogP contribution is 2.35. The summed E-state index contributed by atoms with van der Waals surface area (Å²) in [5.41, 5.74) is 4.74. The Bertz CT molecular complexity index is 608. The Hall–Kier alpha value is -2.00. The second kappa shape index (κ2) is 7.14. The molecule has 3 nitrogen and oxygen atoms in total. The molecule has 0 saturated carbocycles. The van der Waals surface area contributed by atoms with E-state index in [-0.39, 0.29) is 0 Å². The molecule has 0 aromatic heterocycles. The van der Waals surface area contributed by atoms with E-state index in [9.17, 15) is 0 Å². The molecule has 2 aromatic rings. The first-order valence-corrected chi connectivity index (χ1v) is 7.22. The van der Waals surface area contributed by atoms with Crippen LogP contribution in [0.2, 0.25) is 0 Å². The summed E-state index contributed by atoms with van der Waals surface area (Å²) in [6, 6.07) is 12.4. The van der Waals surface area contributed by atoms with Crippen LogP contribution in [0.15, 0.2) is 36.4 Å². The molecule has 0 aliphatic carbocycles. The number of nitrogens with one attached hydrogen (secondary N) is 1. The summed E-state index contributed by atoms with van der Waals surface area (Å²) in [5, 5.41) is 3.39. The van der Waals surface area contributed by atoms with Crippen molar-refractivity contribution in [2.45, 2.75) is 20.4 Å². The average molecular weight is 285 g/mol. The first-order valence-electron chi connectivity index (χ1n) is 7.22. The third-order valence-corrected chi connectivity index (χ3v) is 3.53. The van der Waals surface area contributed by atoms with E-state index in [1.54, 1.807) is 14.2 Å². The molecule has 0 heterocycles. The van der Waals surface area contributed by atoms with E-state index in [4.69, 9.17) is 9.47 Å². The number of aryl methyl sites for hydroxylation is 1. The van der Waals surface area contributed by atoms with E-state index in [1.807, 2.05) is 18.2 Å². The molecular formula is C18H23NO2. The molecule has 0 saturated heterocycles. The molecule has 3 heteroatoms. The molecule has 2 rings (SSSR count). The van der Waals surface area contributed by atoms with Gasteiger partial charge in [-0.2, -0.15) is 0 Å². The van der Waals surface area contributed by atoms with Crippen molar-refractivity contribution >= 4 is 0 Å². The van der Waals surface area contributed by atoms with Crippen LogP contribution in [-0.2, 0) is 6.54 Å². The van der Waals surface area contributed by atoms with Gasteiger partial charge in [0.15, 0.2) is 0 Å². The van der Waals surface area contributed by atoms with Crippen molar-refractivity contribution < 1.29 is 9.47 Å². The van der Waals surface area contributed by atoms with Crippen LogP contribution in [0.5, 0.6) is 11.5 Å². The molecule has 0 bridgehead atoms. The molecule has 0 aliphatic heterocycles. The van der Waals surface area contributed by atoms with Gasteiger partial charge in [0.2, 0.25) is 0 Å². The zero-order valence-electron chi connectivity index (χ0n) is 13.2. The smallest absolute Gasteiger partial charge is 0.126 e. The normalized spacial score (nSPS) is 10.5. The van der Waals surface area contributed by atoms with Crippen LogP contribution in [0.4, 0.5) is 0 Å². The Morgan fingerprint density at radius 2 is 1.76 bits per heavy atom. The predicted octanol–water partition coefficient (Wildman–Crippen LogP) is 3.79. The predicted molar refractivity (Wildman–Crippen MR) is 87.1 cm³/mol. The van der Waals surface area contributed by atoms with Gasteiger partial charge in [-0.25, -0.2) is 0 Å². The van der Waals surface area contributed by atoms with Gasteiger partial charge in [-0.05, 0) is 42.8 Å². The highest BCUT2D eigenvalue weighted by Gasteiger charge is 2.12. The lowest BCUT2D eigenvalue weighted by atomic mass is 9.96. The van der Waals surface area contributed by atoms with Gasteiger partial charge in [-0.1, -0.05) is 30.7 Å². The Morgan fingerprint density at radius 3 is 2.43 bits per heavy atom. The van der Waals surface area contributed by atoms with Crippen molar-refractivity contribution in [1.29, 1.82) is 0 Å². The lowest BCUT2D eigenvalue weighted by molar-refractivity contribution is 0.404. The monoisotopic (exact) mass is 285 g/mol. The van der Waals surface area contributed by atoms with Crippen LogP contribution in [0.3, 0.4) is 0 Å². The summed E-state index contributed by atoms with van der Waals surface area (Å²) in [6.45, 7) is 6.00. The van der Waals surface area contributed by atoms with Gasteiger partial charge in [0.05, 0.1) is 14.2 Å². The fraction of sp³-hybridized carbons (Fsp3) is 0.333. The standard InChI is InChI=1S/C18H23NO2/c1-5-19-12-14-7-6-13(2)10-16(14)17-11-15(20-3)8-9-18(17)21-4/h6-11,19H,5,12H2,1-4H3. The molecular weight excluding hydrogens is 262 g/mol. The fourth-order valence-electron chi connectivity index (χ4n) is 2.38. The molecule has 0 fully saturated rings. The zero-order valence-corrected chi connectivity index (χ0v) is 13.2. The minimum absolute atomic E-state index is 0.835. The molecule has 1 N–H and O–H groups in total. The minimum atomic E-state index is 0.835. The molecule has 0 unspecified atom stereocenters. The lowest BCUT2D eigenvalue weighted by Gasteiger charge is -2.15. The maximum Gasteiger partial charge on any atom is 0.126 e. The molecule has 112 valence electrons. The van der Waals surface area contributed by atoms with E-state index < -0.39 is 0 Å². The molecule has 0 radical (unpaired) electrons. The van der Waals surface area contributed by atoms with E-state index >= 15 is 0 Å². The summed E-state index contributed by atoms with van der Waals surface area (Å²) in [4.78, 5) is 0. The third-order valence-electron chi connectivity index (χ3n) is 3.53. The van der Waals surface area contributed by atoms with Crippen LogP contribution in [0.1, 0.15) is 18.1 Å². The molecule has 0 spiro atoms. The van der Waals surface area contributed by atoms with Gasteiger partial charge in [0.1, 0.15) is 11.5 Å². The van der Waals surface area contributed by atoms with Crippen molar-refractivity contribution in [1.82, 2.24) is 5.32 Å². The van der Waals surface area contributed by atoms with E-state index in [2.05, 4.69) is 37.4 Å². The van der Waals surface area contributed by atoms with Crippen LogP contribution in [0.25, 0.3) is 11.1 Å². The molecule has 0 atom stereocenters. The summed E-state index contributed by atoms with van der Waals surface area (Å²) >= 11 is 0. The number of benzene rings is 2. The fourth-order valence-corrected chi connectivity index (χ4v) is 2.38. The summed E-state index contributed by atoms with van der Waals surface area (Å²) in [6.07, 6.45) is 0. The number of ether oxygens (including phenoxy) is 2. The second-order valence-electron chi connectivity index (χ2n) is 5.01. The first-order chi connectivity index (χ1) is 10.2. The Morgan fingerprint density at radius 1 is 0.952 bits per heavy atom. The van der Waals surface area contributed by atoms with Gasteiger partial charge < -0.3 is 14.8 Å². The average Bonchev–Trinajstić information content (AvgIpc) is 2.53. The Labute approximate surface area is 126 Å². The van der Waals surface area contributed by atoms with Crippen molar-refractivity contribution in [2.75, 3.05) is 20.8 Å². The minimum Gasteiger partial charge on any atom is -0.497 e. The van der Waals surface area contributed by atoms with E-state index in [0.29, 0.717) is 0 Å². The number of hydrogen-bond acceptors (Lipinski definition) is 3. The van der Waals surface area contributed by atoms with Gasteiger partial charge in [-0.15, -0.1) is 0 Å². The summed E-state index contributed by atoms with van der Waals surface area (Å²) < 4.78 is 10.9. The maximum absolute atomic E-state index is 5.52.